The number of alkyl halides is 1. The molecule has 2 rings (SSSR count). The molecular formula is C14H15ClN2O2. The van der Waals surface area contributed by atoms with Crippen LogP contribution in [-0.2, 0) is 5.88 Å². The summed E-state index contributed by atoms with van der Waals surface area (Å²) < 4.78 is 11.1. The maximum absolute atomic E-state index is 5.64. The lowest BCUT2D eigenvalue weighted by Gasteiger charge is -2.07. The van der Waals surface area contributed by atoms with Gasteiger partial charge in [0.2, 0.25) is 5.88 Å². The lowest BCUT2D eigenvalue weighted by atomic mass is 10.3. The highest BCUT2D eigenvalue weighted by Gasteiger charge is 2.01. The molecule has 1 aromatic heterocycles. The number of aromatic nitrogens is 2. The normalized spacial score (nSPS) is 10.2. The number of hydrogen-bond acceptors (Lipinski definition) is 4. The van der Waals surface area contributed by atoms with E-state index < -0.39 is 0 Å². The molecule has 4 nitrogen and oxygen atoms in total. The third kappa shape index (κ3) is 4.10. The molecule has 0 spiro atoms. The van der Waals surface area contributed by atoms with Crippen LogP contribution in [0.3, 0.4) is 0 Å². The zero-order valence-corrected chi connectivity index (χ0v) is 11.4. The van der Waals surface area contributed by atoms with Gasteiger partial charge in [0.15, 0.2) is 0 Å². The lowest BCUT2D eigenvalue weighted by molar-refractivity contribution is 0.317. The van der Waals surface area contributed by atoms with E-state index in [4.69, 9.17) is 21.1 Å². The first-order valence-corrected chi connectivity index (χ1v) is 6.63. The molecule has 100 valence electrons. The summed E-state index contributed by atoms with van der Waals surface area (Å²) in [5, 5.41) is 0. The van der Waals surface area contributed by atoms with Crippen molar-refractivity contribution in [1.82, 2.24) is 9.97 Å². The summed E-state index contributed by atoms with van der Waals surface area (Å²) in [6.07, 6.45) is 4.14. The first kappa shape index (κ1) is 13.6. The van der Waals surface area contributed by atoms with Gasteiger partial charge in [-0.1, -0.05) is 6.92 Å². The summed E-state index contributed by atoms with van der Waals surface area (Å²) in [5.41, 5.74) is 0.720. The van der Waals surface area contributed by atoms with Gasteiger partial charge < -0.3 is 9.47 Å². The van der Waals surface area contributed by atoms with Crippen molar-refractivity contribution >= 4 is 11.6 Å². The van der Waals surface area contributed by atoms with Crippen LogP contribution in [0.2, 0.25) is 0 Å². The Morgan fingerprint density at radius 2 is 1.79 bits per heavy atom. The van der Waals surface area contributed by atoms with Crippen LogP contribution in [0.5, 0.6) is 17.4 Å². The predicted octanol–water partition coefficient (Wildman–Crippen LogP) is 3.80. The summed E-state index contributed by atoms with van der Waals surface area (Å²) >= 11 is 5.64. The van der Waals surface area contributed by atoms with Gasteiger partial charge >= 0.3 is 0 Å². The molecule has 5 heteroatoms. The minimum absolute atomic E-state index is 0.344. The van der Waals surface area contributed by atoms with Crippen molar-refractivity contribution < 1.29 is 9.47 Å². The maximum atomic E-state index is 5.64. The Labute approximate surface area is 117 Å². The number of ether oxygens (including phenoxy) is 2. The van der Waals surface area contributed by atoms with E-state index in [-0.39, 0.29) is 0 Å². The van der Waals surface area contributed by atoms with E-state index in [0.717, 1.165) is 17.9 Å². The number of rotatable bonds is 6. The van der Waals surface area contributed by atoms with Gasteiger partial charge in [-0.15, -0.1) is 11.6 Å². The van der Waals surface area contributed by atoms with Crippen LogP contribution >= 0.6 is 11.6 Å². The van der Waals surface area contributed by atoms with Crippen molar-refractivity contribution in [1.29, 1.82) is 0 Å². The second kappa shape index (κ2) is 6.95. The molecule has 0 saturated heterocycles. The standard InChI is InChI=1S/C14H15ClN2O2/c1-2-7-18-12-3-5-13(6-4-12)19-14-10-16-11(8-15)9-17-14/h3-6,9-10H,2,7-8H2,1H3. The summed E-state index contributed by atoms with van der Waals surface area (Å²) in [6.45, 7) is 2.78. The van der Waals surface area contributed by atoms with Crippen molar-refractivity contribution in [2.45, 2.75) is 19.2 Å². The molecule has 0 fully saturated rings. The van der Waals surface area contributed by atoms with Crippen molar-refractivity contribution in [3.8, 4) is 17.4 Å². The van der Waals surface area contributed by atoms with E-state index in [2.05, 4.69) is 16.9 Å². The molecule has 0 saturated carbocycles. The van der Waals surface area contributed by atoms with Crippen LogP contribution in [0.15, 0.2) is 36.7 Å². The van der Waals surface area contributed by atoms with E-state index in [0.29, 0.717) is 24.1 Å². The zero-order valence-electron chi connectivity index (χ0n) is 10.7. The molecule has 0 bridgehead atoms. The van der Waals surface area contributed by atoms with E-state index >= 15 is 0 Å². The molecule has 0 unspecified atom stereocenters. The second-order valence-corrected chi connectivity index (χ2v) is 4.17. The van der Waals surface area contributed by atoms with Gasteiger partial charge in [0.25, 0.3) is 0 Å². The molecule has 2 aromatic rings. The largest absolute Gasteiger partial charge is 0.494 e. The summed E-state index contributed by atoms with van der Waals surface area (Å²) in [7, 11) is 0. The highest BCUT2D eigenvalue weighted by molar-refractivity contribution is 6.16. The van der Waals surface area contributed by atoms with Crippen LogP contribution in [0.25, 0.3) is 0 Å². The molecule has 19 heavy (non-hydrogen) atoms. The van der Waals surface area contributed by atoms with Crippen molar-refractivity contribution in [3.05, 3.63) is 42.4 Å². The highest BCUT2D eigenvalue weighted by atomic mass is 35.5. The molecule has 0 radical (unpaired) electrons. The van der Waals surface area contributed by atoms with Crippen LogP contribution in [0.1, 0.15) is 19.0 Å². The van der Waals surface area contributed by atoms with Gasteiger partial charge in [-0.2, -0.15) is 0 Å². The van der Waals surface area contributed by atoms with Crippen LogP contribution in [0, 0.1) is 0 Å². The fourth-order valence-electron chi connectivity index (χ4n) is 1.41. The minimum atomic E-state index is 0.344. The lowest BCUT2D eigenvalue weighted by Crippen LogP contribution is -1.95. The summed E-state index contributed by atoms with van der Waals surface area (Å²) in [4.78, 5) is 8.22. The van der Waals surface area contributed by atoms with Gasteiger partial charge in [-0.3, -0.25) is 4.98 Å². The smallest absolute Gasteiger partial charge is 0.237 e. The van der Waals surface area contributed by atoms with Crippen LogP contribution in [-0.4, -0.2) is 16.6 Å². The van der Waals surface area contributed by atoms with E-state index in [1.807, 2.05) is 24.3 Å². The van der Waals surface area contributed by atoms with E-state index in [9.17, 15) is 0 Å². The Morgan fingerprint density at radius 1 is 1.05 bits per heavy atom. The van der Waals surface area contributed by atoms with Crippen molar-refractivity contribution in [2.24, 2.45) is 0 Å². The van der Waals surface area contributed by atoms with Crippen molar-refractivity contribution in [2.75, 3.05) is 6.61 Å². The van der Waals surface area contributed by atoms with Gasteiger partial charge in [0.05, 0.1) is 30.6 Å². The van der Waals surface area contributed by atoms with Gasteiger partial charge in [-0.25, -0.2) is 4.98 Å². The Morgan fingerprint density at radius 3 is 2.37 bits per heavy atom. The number of hydrogen-bond donors (Lipinski definition) is 0. The number of halogens is 1. The SMILES string of the molecule is CCCOc1ccc(Oc2cnc(CCl)cn2)cc1. The molecular weight excluding hydrogens is 264 g/mol. The van der Waals surface area contributed by atoms with E-state index in [1.54, 1.807) is 12.4 Å². The zero-order chi connectivity index (χ0) is 13.5. The molecule has 0 amide bonds. The van der Waals surface area contributed by atoms with Gasteiger partial charge in [0, 0.05) is 0 Å². The molecule has 1 heterocycles. The molecule has 0 aliphatic heterocycles. The first-order valence-electron chi connectivity index (χ1n) is 6.09. The summed E-state index contributed by atoms with van der Waals surface area (Å²) in [5.74, 6) is 2.31. The van der Waals surface area contributed by atoms with Crippen molar-refractivity contribution in [3.63, 3.8) is 0 Å². The van der Waals surface area contributed by atoms with Crippen LogP contribution < -0.4 is 9.47 Å². The molecule has 0 aliphatic carbocycles. The molecule has 0 atom stereocenters. The third-order valence-electron chi connectivity index (χ3n) is 2.34. The molecule has 1 aromatic carbocycles. The van der Waals surface area contributed by atoms with Crippen LogP contribution in [0.4, 0.5) is 0 Å². The molecule has 0 N–H and O–H groups in total. The highest BCUT2D eigenvalue weighted by Crippen LogP contribution is 2.22. The van der Waals surface area contributed by atoms with Gasteiger partial charge in [-0.05, 0) is 30.7 Å². The maximum Gasteiger partial charge on any atom is 0.237 e. The average molecular weight is 279 g/mol. The topological polar surface area (TPSA) is 44.2 Å². The Hall–Kier alpha value is -1.81. The molecule has 0 aliphatic rings. The Bertz CT molecular complexity index is 500. The third-order valence-corrected chi connectivity index (χ3v) is 2.61. The predicted molar refractivity (Wildman–Crippen MR) is 73.9 cm³/mol. The quantitative estimate of drug-likeness (QED) is 0.754. The van der Waals surface area contributed by atoms with E-state index in [1.165, 1.54) is 0 Å². The average Bonchev–Trinajstić information content (AvgIpc) is 2.47. The Kier molecular flexibility index (Phi) is 4.98. The fourth-order valence-corrected chi connectivity index (χ4v) is 1.55. The summed E-state index contributed by atoms with van der Waals surface area (Å²) in [6, 6.07) is 7.40. The monoisotopic (exact) mass is 278 g/mol. The first-order chi connectivity index (χ1) is 9.31. The van der Waals surface area contributed by atoms with Gasteiger partial charge in [0.1, 0.15) is 11.5 Å². The Balaban J connectivity index is 1.98. The minimum Gasteiger partial charge on any atom is -0.494 e. The number of nitrogens with zero attached hydrogens (tertiary/aromatic N) is 2. The fraction of sp³-hybridized carbons (Fsp3) is 0.286. The second-order valence-electron chi connectivity index (χ2n) is 3.90. The number of benzene rings is 1.